The third-order valence-corrected chi connectivity index (χ3v) is 4.46. The van der Waals surface area contributed by atoms with Gasteiger partial charge in [-0.15, -0.1) is 0 Å². The number of hydrogen-bond acceptors (Lipinski definition) is 4. The van der Waals surface area contributed by atoms with Crippen LogP contribution in [-0.2, 0) is 14.6 Å². The lowest BCUT2D eigenvalue weighted by atomic mass is 10.2. The van der Waals surface area contributed by atoms with Crippen molar-refractivity contribution >= 4 is 21.5 Å². The molecule has 0 unspecified atom stereocenters. The number of carboxylic acids is 1. The standard InChI is InChI=1S/C11H13NO4S/c1-8-2-3-9-10(6-8)17(15,16)5-4-12(9)7-11(13)14/h2-3,6H,4-5,7H2,1H3,(H,13,14). The molecule has 1 aliphatic heterocycles. The van der Waals surface area contributed by atoms with Gasteiger partial charge in [-0.25, -0.2) is 8.42 Å². The van der Waals surface area contributed by atoms with Crippen molar-refractivity contribution < 1.29 is 18.3 Å². The van der Waals surface area contributed by atoms with Crippen LogP contribution < -0.4 is 4.90 Å². The fraction of sp³-hybridized carbons (Fsp3) is 0.364. The van der Waals surface area contributed by atoms with E-state index in [0.717, 1.165) is 5.56 Å². The lowest BCUT2D eigenvalue weighted by Crippen LogP contribution is -2.38. The van der Waals surface area contributed by atoms with Gasteiger partial charge in [-0.05, 0) is 24.6 Å². The SMILES string of the molecule is Cc1ccc2c(c1)S(=O)(=O)CCN2CC(=O)O. The monoisotopic (exact) mass is 255 g/mol. The van der Waals surface area contributed by atoms with Crippen LogP contribution in [-0.4, -0.2) is 38.3 Å². The highest BCUT2D eigenvalue weighted by atomic mass is 32.2. The van der Waals surface area contributed by atoms with Crippen LogP contribution >= 0.6 is 0 Å². The Morgan fingerprint density at radius 2 is 2.18 bits per heavy atom. The average molecular weight is 255 g/mol. The molecular weight excluding hydrogens is 242 g/mol. The highest BCUT2D eigenvalue weighted by Crippen LogP contribution is 2.30. The van der Waals surface area contributed by atoms with E-state index in [9.17, 15) is 13.2 Å². The minimum Gasteiger partial charge on any atom is -0.480 e. The van der Waals surface area contributed by atoms with Gasteiger partial charge in [0.05, 0.1) is 16.3 Å². The van der Waals surface area contributed by atoms with Gasteiger partial charge in [0.15, 0.2) is 9.84 Å². The average Bonchev–Trinajstić information content (AvgIpc) is 2.22. The number of anilines is 1. The van der Waals surface area contributed by atoms with Crippen LogP contribution in [0.4, 0.5) is 5.69 Å². The van der Waals surface area contributed by atoms with Crippen molar-refractivity contribution in [3.05, 3.63) is 23.8 Å². The summed E-state index contributed by atoms with van der Waals surface area (Å²) < 4.78 is 23.8. The Bertz CT molecular complexity index is 565. The lowest BCUT2D eigenvalue weighted by molar-refractivity contribution is -0.135. The van der Waals surface area contributed by atoms with E-state index in [0.29, 0.717) is 5.69 Å². The van der Waals surface area contributed by atoms with Gasteiger partial charge in [-0.1, -0.05) is 6.07 Å². The second-order valence-corrected chi connectivity index (χ2v) is 6.18. The molecule has 2 rings (SSSR count). The van der Waals surface area contributed by atoms with E-state index in [1.807, 2.05) is 6.92 Å². The van der Waals surface area contributed by atoms with E-state index in [1.165, 1.54) is 0 Å². The topological polar surface area (TPSA) is 74.7 Å². The molecule has 0 bridgehead atoms. The number of carboxylic acid groups (broad SMARTS) is 1. The van der Waals surface area contributed by atoms with E-state index < -0.39 is 15.8 Å². The molecule has 0 aromatic heterocycles. The summed E-state index contributed by atoms with van der Waals surface area (Å²) in [5.41, 5.74) is 1.34. The lowest BCUT2D eigenvalue weighted by Gasteiger charge is -2.29. The van der Waals surface area contributed by atoms with E-state index in [2.05, 4.69) is 0 Å². The molecule has 1 aromatic carbocycles. The molecule has 17 heavy (non-hydrogen) atoms. The fourth-order valence-electron chi connectivity index (χ4n) is 1.92. The Morgan fingerprint density at radius 1 is 1.47 bits per heavy atom. The van der Waals surface area contributed by atoms with Crippen LogP contribution in [0, 0.1) is 6.92 Å². The first-order valence-electron chi connectivity index (χ1n) is 5.20. The summed E-state index contributed by atoms with van der Waals surface area (Å²) in [5, 5.41) is 8.78. The van der Waals surface area contributed by atoms with Crippen molar-refractivity contribution in [2.24, 2.45) is 0 Å². The molecule has 0 atom stereocenters. The number of sulfone groups is 1. The zero-order valence-corrected chi connectivity index (χ0v) is 10.2. The summed E-state index contributed by atoms with van der Waals surface area (Å²) in [7, 11) is -3.27. The van der Waals surface area contributed by atoms with Gasteiger partial charge in [0.2, 0.25) is 0 Å². The molecule has 92 valence electrons. The first kappa shape index (κ1) is 11.9. The normalized spacial score (nSPS) is 17.6. The second-order valence-electron chi connectivity index (χ2n) is 4.11. The first-order chi connectivity index (χ1) is 7.90. The van der Waals surface area contributed by atoms with Crippen LogP contribution in [0.2, 0.25) is 0 Å². The van der Waals surface area contributed by atoms with E-state index in [1.54, 1.807) is 23.1 Å². The predicted molar refractivity (Wildman–Crippen MR) is 63.1 cm³/mol. The molecule has 5 nitrogen and oxygen atoms in total. The molecule has 0 amide bonds. The number of aryl methyl sites for hydroxylation is 1. The minimum atomic E-state index is -3.27. The van der Waals surface area contributed by atoms with E-state index in [4.69, 9.17) is 5.11 Å². The largest absolute Gasteiger partial charge is 0.480 e. The molecule has 0 saturated heterocycles. The number of benzene rings is 1. The Hall–Kier alpha value is -1.56. The Morgan fingerprint density at radius 3 is 2.82 bits per heavy atom. The summed E-state index contributed by atoms with van der Waals surface area (Å²) in [5.74, 6) is -0.993. The number of carbonyl (C=O) groups is 1. The highest BCUT2D eigenvalue weighted by molar-refractivity contribution is 7.91. The van der Waals surface area contributed by atoms with Gasteiger partial charge in [0.1, 0.15) is 6.54 Å². The maximum Gasteiger partial charge on any atom is 0.323 e. The smallest absolute Gasteiger partial charge is 0.323 e. The van der Waals surface area contributed by atoms with Gasteiger partial charge in [0.25, 0.3) is 0 Å². The number of rotatable bonds is 2. The Labute approximate surface area is 99.6 Å². The molecule has 1 heterocycles. The van der Waals surface area contributed by atoms with Gasteiger partial charge in [0, 0.05) is 6.54 Å². The summed E-state index contributed by atoms with van der Waals surface area (Å²) in [6.45, 7) is 1.86. The maximum atomic E-state index is 11.9. The predicted octanol–water partition coefficient (Wildman–Crippen LogP) is 0.673. The Kier molecular flexibility index (Phi) is 2.82. The van der Waals surface area contributed by atoms with Crippen molar-refractivity contribution in [3.63, 3.8) is 0 Å². The van der Waals surface area contributed by atoms with Crippen LogP contribution in [0.25, 0.3) is 0 Å². The molecule has 0 fully saturated rings. The number of hydrogen-bond donors (Lipinski definition) is 1. The van der Waals surface area contributed by atoms with Crippen molar-refractivity contribution in [1.29, 1.82) is 0 Å². The second kappa shape index (κ2) is 4.03. The zero-order chi connectivity index (χ0) is 12.6. The van der Waals surface area contributed by atoms with Gasteiger partial charge >= 0.3 is 5.97 Å². The van der Waals surface area contributed by atoms with Gasteiger partial charge in [-0.3, -0.25) is 4.79 Å². The molecule has 0 aliphatic carbocycles. The molecule has 0 saturated carbocycles. The molecule has 1 aliphatic rings. The fourth-order valence-corrected chi connectivity index (χ4v) is 3.48. The first-order valence-corrected chi connectivity index (χ1v) is 6.85. The molecule has 6 heteroatoms. The van der Waals surface area contributed by atoms with Crippen molar-refractivity contribution in [3.8, 4) is 0 Å². The molecule has 1 N–H and O–H groups in total. The molecule has 0 radical (unpaired) electrons. The highest BCUT2D eigenvalue weighted by Gasteiger charge is 2.29. The maximum absolute atomic E-state index is 11.9. The van der Waals surface area contributed by atoms with Gasteiger partial charge in [-0.2, -0.15) is 0 Å². The summed E-state index contributed by atoms with van der Waals surface area (Å²) in [6, 6.07) is 5.05. The van der Waals surface area contributed by atoms with Crippen LogP contribution in [0.15, 0.2) is 23.1 Å². The summed E-state index contributed by atoms with van der Waals surface area (Å²) in [6.07, 6.45) is 0. The number of nitrogens with zero attached hydrogens (tertiary/aromatic N) is 1. The Balaban J connectivity index is 2.52. The van der Waals surface area contributed by atoms with Crippen molar-refractivity contribution in [2.45, 2.75) is 11.8 Å². The molecule has 1 aromatic rings. The number of fused-ring (bicyclic) bond motifs is 1. The molecule has 0 spiro atoms. The summed E-state index contributed by atoms with van der Waals surface area (Å²) in [4.78, 5) is 12.5. The van der Waals surface area contributed by atoms with Crippen LogP contribution in [0.3, 0.4) is 0 Å². The zero-order valence-electron chi connectivity index (χ0n) is 9.38. The summed E-state index contributed by atoms with van der Waals surface area (Å²) >= 11 is 0. The molecular formula is C11H13NO4S. The van der Waals surface area contributed by atoms with Crippen LogP contribution in [0.5, 0.6) is 0 Å². The van der Waals surface area contributed by atoms with E-state index >= 15 is 0 Å². The van der Waals surface area contributed by atoms with Gasteiger partial charge < -0.3 is 10.0 Å². The van der Waals surface area contributed by atoms with Crippen molar-refractivity contribution in [1.82, 2.24) is 0 Å². The third-order valence-electron chi connectivity index (χ3n) is 2.75. The third kappa shape index (κ3) is 2.26. The van der Waals surface area contributed by atoms with Crippen LogP contribution in [0.1, 0.15) is 5.56 Å². The van der Waals surface area contributed by atoms with Crippen molar-refractivity contribution in [2.75, 3.05) is 23.7 Å². The minimum absolute atomic E-state index is 0.0310. The van der Waals surface area contributed by atoms with E-state index in [-0.39, 0.29) is 23.7 Å². The quantitative estimate of drug-likeness (QED) is 0.840. The number of aliphatic carboxylic acids is 1.